The van der Waals surface area contributed by atoms with E-state index in [0.717, 1.165) is 49.6 Å². The first kappa shape index (κ1) is 48.3. The molecular weight excluding hydrogens is 939 g/mol. The summed E-state index contributed by atoms with van der Waals surface area (Å²) < 4.78 is 55.1. The number of fused-ring (bicyclic) bond motifs is 2. The number of rotatable bonds is 13. The van der Waals surface area contributed by atoms with Crippen LogP contribution in [0.15, 0.2) is 77.8 Å². The lowest BCUT2D eigenvalue weighted by Gasteiger charge is -2.56. The van der Waals surface area contributed by atoms with E-state index in [4.69, 9.17) is 23.9 Å². The highest BCUT2D eigenvalue weighted by Crippen LogP contribution is 2.55. The smallest absolute Gasteiger partial charge is 0.297 e. The van der Waals surface area contributed by atoms with Crippen LogP contribution in [-0.4, -0.2) is 102 Å². The van der Waals surface area contributed by atoms with Crippen LogP contribution in [-0.2, 0) is 14.8 Å². The van der Waals surface area contributed by atoms with Gasteiger partial charge in [0.2, 0.25) is 0 Å². The average Bonchev–Trinajstić information content (AvgIpc) is 4.16. The number of aromatic amines is 1. The molecule has 0 bridgehead atoms. The summed E-state index contributed by atoms with van der Waals surface area (Å²) in [5.41, 5.74) is 3.33. The molecule has 3 atom stereocenters. The molecule has 0 unspecified atom stereocenters. The Labute approximate surface area is 420 Å². The van der Waals surface area contributed by atoms with Gasteiger partial charge in [-0.3, -0.25) is 19.8 Å². The van der Waals surface area contributed by atoms with E-state index in [0.29, 0.717) is 69.0 Å². The average molecular weight is 1000 g/mol. The Bertz CT molecular complexity index is 2960. The van der Waals surface area contributed by atoms with Gasteiger partial charge in [0.05, 0.1) is 40.2 Å². The summed E-state index contributed by atoms with van der Waals surface area (Å²) >= 11 is 0. The first-order valence-electron chi connectivity index (χ1n) is 25.8. The minimum atomic E-state index is -4.72. The van der Waals surface area contributed by atoms with Crippen LogP contribution in [0, 0.1) is 21.4 Å². The molecule has 18 heteroatoms. The standard InChI is InChI=1S/C54H65N7O10S/c1-33(2)40-7-4-5-8-41(40)44-9-6-21-60(44)37-29-54(30-37)18-22-59(23-19-54)36-10-11-42(46(26-36)71-48-25-35-14-20-55-50(35)57-52(48)70-38-15-24-68-31-38)51(62)58-72(66,67)39-27-45(61(64)65)49-47(28-39)69-32-43(56-49)34-12-16-53(3,63)17-13-34/h4-5,7-8,10-11,14,20,25-28,33-34,37-38,43-44,56,63H,6,9,12-13,15-19,21-24,29-32H2,1-3H3,(H,55,57)(H,58,62)/t34-,38-,43+,44+,53-/m0/s1. The Kier molecular flexibility index (Phi) is 12.9. The first-order valence-corrected chi connectivity index (χ1v) is 27.2. The van der Waals surface area contributed by atoms with Gasteiger partial charge in [0.1, 0.15) is 24.1 Å². The zero-order valence-electron chi connectivity index (χ0n) is 41.2. The van der Waals surface area contributed by atoms with Crippen LogP contribution < -0.4 is 29.1 Å². The summed E-state index contributed by atoms with van der Waals surface area (Å²) in [4.78, 5) is 38.7. The molecule has 6 aliphatic rings. The fraction of sp³-hybridized carbons (Fsp3) is 0.519. The molecule has 6 heterocycles. The Morgan fingerprint density at radius 1 is 0.972 bits per heavy atom. The lowest BCUT2D eigenvalue weighted by molar-refractivity contribution is -0.384. The Balaban J connectivity index is 0.842. The molecule has 4 N–H and O–H groups in total. The van der Waals surface area contributed by atoms with Crippen molar-refractivity contribution >= 4 is 44.0 Å². The maximum absolute atomic E-state index is 14.4. The maximum Gasteiger partial charge on any atom is 0.297 e. The molecule has 3 saturated heterocycles. The summed E-state index contributed by atoms with van der Waals surface area (Å²) in [6, 6.07) is 20.6. The number of carbonyl (C=O) groups is 1. The minimum absolute atomic E-state index is 0.00863. The zero-order chi connectivity index (χ0) is 49.9. The third-order valence-electron chi connectivity index (χ3n) is 16.5. The van der Waals surface area contributed by atoms with Gasteiger partial charge in [0, 0.05) is 67.1 Å². The van der Waals surface area contributed by atoms with Crippen molar-refractivity contribution in [1.29, 1.82) is 0 Å². The molecule has 2 saturated carbocycles. The van der Waals surface area contributed by atoms with Gasteiger partial charge in [-0.25, -0.2) is 13.1 Å². The molecule has 2 aliphatic carbocycles. The number of anilines is 2. The Hall–Kier alpha value is -5.95. The van der Waals surface area contributed by atoms with E-state index >= 15 is 0 Å². The highest BCUT2D eigenvalue weighted by atomic mass is 32.2. The second-order valence-corrected chi connectivity index (χ2v) is 23.4. The highest BCUT2D eigenvalue weighted by molar-refractivity contribution is 7.90. The van der Waals surface area contributed by atoms with Crippen LogP contribution in [0.5, 0.6) is 23.1 Å². The molecule has 382 valence electrons. The monoisotopic (exact) mass is 1000 g/mol. The van der Waals surface area contributed by atoms with Crippen molar-refractivity contribution < 1.29 is 42.2 Å². The number of sulfonamides is 1. The molecule has 11 rings (SSSR count). The number of aliphatic hydroxyl groups is 1. The molecule has 72 heavy (non-hydrogen) atoms. The SMILES string of the molecule is CC(C)c1ccccc1[C@H]1CCCN1C1CC2(CCN(c3ccc(C(=O)NS(=O)(=O)c4cc5c(c([N+](=O)[O-])c4)N[C@@H]([C@H]4CC[C@](C)(O)CC4)CO5)c(Oc4cc5cc[nH]c5nc4O[C@H]4CCOC4)c3)CC2)C1. The van der Waals surface area contributed by atoms with Gasteiger partial charge in [0.25, 0.3) is 27.5 Å². The van der Waals surface area contributed by atoms with Crippen molar-refractivity contribution in [2.24, 2.45) is 11.3 Å². The van der Waals surface area contributed by atoms with Crippen molar-refractivity contribution in [2.75, 3.05) is 49.7 Å². The molecule has 5 aromatic rings. The van der Waals surface area contributed by atoms with Crippen LogP contribution in [0.25, 0.3) is 11.0 Å². The topological polar surface area (TPSA) is 211 Å². The number of nitrogens with zero attached hydrogens (tertiary/aromatic N) is 4. The molecule has 3 aromatic carbocycles. The quantitative estimate of drug-likeness (QED) is 0.0640. The van der Waals surface area contributed by atoms with Crippen LogP contribution in [0.1, 0.15) is 125 Å². The number of pyridine rings is 1. The number of nitro groups is 1. The van der Waals surface area contributed by atoms with Gasteiger partial charge in [0.15, 0.2) is 17.2 Å². The number of nitro benzene ring substituents is 1. The first-order chi connectivity index (χ1) is 34.6. The van der Waals surface area contributed by atoms with Gasteiger partial charge in [-0.15, -0.1) is 0 Å². The van der Waals surface area contributed by atoms with E-state index in [2.05, 4.69) is 62.9 Å². The number of ether oxygens (including phenoxy) is 4. The third kappa shape index (κ3) is 9.58. The third-order valence-corrected chi connectivity index (χ3v) is 17.9. The van der Waals surface area contributed by atoms with E-state index in [9.17, 15) is 28.4 Å². The number of piperidine rings is 1. The van der Waals surface area contributed by atoms with Gasteiger partial charge in [-0.05, 0) is 130 Å². The van der Waals surface area contributed by atoms with E-state index in [1.165, 1.54) is 42.9 Å². The van der Waals surface area contributed by atoms with E-state index < -0.39 is 37.0 Å². The maximum atomic E-state index is 14.4. The van der Waals surface area contributed by atoms with Crippen molar-refractivity contribution in [1.82, 2.24) is 19.6 Å². The van der Waals surface area contributed by atoms with Crippen molar-refractivity contribution in [3.8, 4) is 23.1 Å². The van der Waals surface area contributed by atoms with Gasteiger partial charge < -0.3 is 39.3 Å². The fourth-order valence-corrected chi connectivity index (χ4v) is 13.4. The van der Waals surface area contributed by atoms with Crippen molar-refractivity contribution in [3.63, 3.8) is 0 Å². The zero-order valence-corrected chi connectivity index (χ0v) is 42.0. The van der Waals surface area contributed by atoms with E-state index in [1.54, 1.807) is 24.4 Å². The second-order valence-electron chi connectivity index (χ2n) is 21.7. The summed E-state index contributed by atoms with van der Waals surface area (Å²) in [5.74, 6) is 0.0550. The van der Waals surface area contributed by atoms with Crippen molar-refractivity contribution in [2.45, 2.75) is 132 Å². The van der Waals surface area contributed by atoms with Gasteiger partial charge >= 0.3 is 0 Å². The summed E-state index contributed by atoms with van der Waals surface area (Å²) in [7, 11) is -4.72. The fourth-order valence-electron chi connectivity index (χ4n) is 12.4. The lowest BCUT2D eigenvalue weighted by Crippen LogP contribution is -2.54. The second kappa shape index (κ2) is 19.1. The Morgan fingerprint density at radius 3 is 2.51 bits per heavy atom. The molecular formula is C54H65N7O10S. The Morgan fingerprint density at radius 2 is 1.76 bits per heavy atom. The number of likely N-dealkylation sites (tertiary alicyclic amines) is 1. The lowest BCUT2D eigenvalue weighted by atomic mass is 9.59. The summed E-state index contributed by atoms with van der Waals surface area (Å²) in [6.07, 6.45) is 11.5. The van der Waals surface area contributed by atoms with Crippen LogP contribution in [0.4, 0.5) is 17.1 Å². The van der Waals surface area contributed by atoms with Gasteiger partial charge in [-0.1, -0.05) is 38.1 Å². The number of benzene rings is 3. The molecule has 17 nitrogen and oxygen atoms in total. The summed E-state index contributed by atoms with van der Waals surface area (Å²) in [5, 5.41) is 27.0. The number of carbonyl (C=O) groups excluding carboxylic acids is 1. The predicted octanol–water partition coefficient (Wildman–Crippen LogP) is 9.37. The minimum Gasteiger partial charge on any atom is -0.489 e. The largest absolute Gasteiger partial charge is 0.489 e. The normalized spacial score (nSPS) is 25.4. The number of hydrogen-bond acceptors (Lipinski definition) is 14. The molecule has 0 radical (unpaired) electrons. The molecule has 4 aliphatic heterocycles. The predicted molar refractivity (Wildman–Crippen MR) is 272 cm³/mol. The number of H-pyrrole nitrogens is 1. The number of nitrogens with one attached hydrogen (secondary N) is 3. The van der Waals surface area contributed by atoms with Crippen LogP contribution >= 0.6 is 0 Å². The molecule has 2 aromatic heterocycles. The number of amides is 1. The van der Waals surface area contributed by atoms with E-state index in [1.807, 2.05) is 19.1 Å². The number of hydrogen-bond donors (Lipinski definition) is 4. The molecule has 1 spiro atoms. The van der Waals surface area contributed by atoms with Crippen LogP contribution in [0.2, 0.25) is 0 Å². The number of aromatic nitrogens is 2. The summed E-state index contributed by atoms with van der Waals surface area (Å²) in [6.45, 7) is 10.2. The van der Waals surface area contributed by atoms with Gasteiger partial charge in [-0.2, -0.15) is 4.98 Å². The van der Waals surface area contributed by atoms with Crippen molar-refractivity contribution in [3.05, 3.63) is 99.7 Å². The highest BCUT2D eigenvalue weighted by Gasteiger charge is 2.50. The molecule has 1 amide bonds. The molecule has 5 fully saturated rings. The van der Waals surface area contributed by atoms with Crippen LogP contribution in [0.3, 0.4) is 0 Å². The van der Waals surface area contributed by atoms with E-state index in [-0.39, 0.29) is 64.5 Å².